The van der Waals surface area contributed by atoms with E-state index in [4.69, 9.17) is 5.73 Å². The smallest absolute Gasteiger partial charge is 0.325 e. The van der Waals surface area contributed by atoms with Gasteiger partial charge in [0.2, 0.25) is 5.91 Å². The van der Waals surface area contributed by atoms with E-state index in [0.717, 1.165) is 30.6 Å². The van der Waals surface area contributed by atoms with Crippen LogP contribution in [0.1, 0.15) is 45.4 Å². The fourth-order valence-corrected chi connectivity index (χ4v) is 3.48. The molecule has 2 aliphatic carbocycles. The fourth-order valence-electron chi connectivity index (χ4n) is 3.48. The summed E-state index contributed by atoms with van der Waals surface area (Å²) in [5.41, 5.74) is 5.19. The van der Waals surface area contributed by atoms with Gasteiger partial charge in [0.25, 0.3) is 5.91 Å². The first-order valence-electron chi connectivity index (χ1n) is 8.14. The Morgan fingerprint density at radius 1 is 1.39 bits per heavy atom. The molecule has 23 heavy (non-hydrogen) atoms. The molecule has 0 aromatic carbocycles. The average molecular weight is 345 g/mol. The van der Waals surface area contributed by atoms with Gasteiger partial charge in [-0.3, -0.25) is 9.59 Å². The maximum absolute atomic E-state index is 12.6. The number of amides is 4. The first-order chi connectivity index (χ1) is 10.4. The van der Waals surface area contributed by atoms with Crippen LogP contribution in [0, 0.1) is 5.92 Å². The first-order valence-corrected chi connectivity index (χ1v) is 8.14. The van der Waals surface area contributed by atoms with Gasteiger partial charge in [0.1, 0.15) is 11.6 Å². The first kappa shape index (κ1) is 18.0. The van der Waals surface area contributed by atoms with Crippen LogP contribution in [0.5, 0.6) is 0 Å². The average Bonchev–Trinajstić information content (AvgIpc) is 3.19. The van der Waals surface area contributed by atoms with Gasteiger partial charge in [-0.15, -0.1) is 12.4 Å². The number of nitrogens with two attached hydrogens (primary N) is 1. The molecule has 0 aromatic rings. The summed E-state index contributed by atoms with van der Waals surface area (Å²) in [5, 5.41) is 5.55. The predicted molar refractivity (Wildman–Crippen MR) is 87.0 cm³/mol. The molecule has 1 heterocycles. The van der Waals surface area contributed by atoms with Gasteiger partial charge < -0.3 is 16.4 Å². The third kappa shape index (κ3) is 3.30. The molecule has 1 aliphatic heterocycles. The highest BCUT2D eigenvalue weighted by molar-refractivity contribution is 6.09. The van der Waals surface area contributed by atoms with Crippen molar-refractivity contribution in [2.75, 3.05) is 6.54 Å². The molecule has 0 aromatic heterocycles. The Bertz CT molecular complexity index is 503. The van der Waals surface area contributed by atoms with Crippen LogP contribution in [0.15, 0.2) is 0 Å². The van der Waals surface area contributed by atoms with Crippen molar-refractivity contribution >= 4 is 30.3 Å². The minimum Gasteiger partial charge on any atom is -0.353 e. The maximum atomic E-state index is 12.6. The van der Waals surface area contributed by atoms with Crippen molar-refractivity contribution in [3.8, 4) is 0 Å². The highest BCUT2D eigenvalue weighted by atomic mass is 35.5. The minimum absolute atomic E-state index is 0. The number of halogens is 1. The second-order valence-electron chi connectivity index (χ2n) is 6.82. The zero-order chi connectivity index (χ0) is 15.9. The zero-order valence-electron chi connectivity index (χ0n) is 13.3. The molecule has 4 N–H and O–H groups in total. The number of urea groups is 1. The van der Waals surface area contributed by atoms with Crippen molar-refractivity contribution < 1.29 is 14.4 Å². The summed E-state index contributed by atoms with van der Waals surface area (Å²) in [4.78, 5) is 38.0. The lowest BCUT2D eigenvalue weighted by molar-refractivity contribution is -0.137. The molecule has 4 amide bonds. The van der Waals surface area contributed by atoms with Gasteiger partial charge in [0.15, 0.2) is 0 Å². The Labute approximate surface area is 142 Å². The molecule has 1 saturated heterocycles. The molecule has 0 bridgehead atoms. The standard InChI is InChI=1S/C15H24N4O3.ClH/c1-9(12(20)17-8-11(16)10-4-5-10)19-13(21)15(18-14(19)22)6-2-3-7-15;/h9-11H,2-8,16H2,1H3,(H,17,20)(H,18,22);1H. The largest absolute Gasteiger partial charge is 0.353 e. The highest BCUT2D eigenvalue weighted by Crippen LogP contribution is 2.35. The number of carbonyl (C=O) groups excluding carboxylic acids is 3. The SMILES string of the molecule is CC(C(=O)NCC(N)C1CC1)N1C(=O)NC2(CCCC2)C1=O.Cl. The Morgan fingerprint density at radius 2 is 2.00 bits per heavy atom. The van der Waals surface area contributed by atoms with Crippen LogP contribution in [0.25, 0.3) is 0 Å². The number of imide groups is 1. The summed E-state index contributed by atoms with van der Waals surface area (Å²) >= 11 is 0. The van der Waals surface area contributed by atoms with Crippen LogP contribution < -0.4 is 16.4 Å². The molecule has 3 aliphatic rings. The van der Waals surface area contributed by atoms with Gasteiger partial charge in [0, 0.05) is 12.6 Å². The summed E-state index contributed by atoms with van der Waals surface area (Å²) in [6.07, 6.45) is 5.40. The molecular weight excluding hydrogens is 320 g/mol. The van der Waals surface area contributed by atoms with E-state index in [1.165, 1.54) is 0 Å². The third-order valence-electron chi connectivity index (χ3n) is 5.16. The van der Waals surface area contributed by atoms with Crippen LogP contribution in [0.2, 0.25) is 0 Å². The topological polar surface area (TPSA) is 105 Å². The third-order valence-corrected chi connectivity index (χ3v) is 5.16. The van der Waals surface area contributed by atoms with Crippen LogP contribution >= 0.6 is 12.4 Å². The number of hydrogen-bond acceptors (Lipinski definition) is 4. The number of nitrogens with one attached hydrogen (secondary N) is 2. The number of carbonyl (C=O) groups is 3. The molecule has 2 atom stereocenters. The van der Waals surface area contributed by atoms with Crippen molar-refractivity contribution in [2.45, 2.75) is 63.1 Å². The summed E-state index contributed by atoms with van der Waals surface area (Å²) in [6, 6.07) is -1.31. The van der Waals surface area contributed by atoms with Gasteiger partial charge in [0.05, 0.1) is 0 Å². The number of rotatable bonds is 5. The van der Waals surface area contributed by atoms with Crippen molar-refractivity contribution in [1.29, 1.82) is 0 Å². The number of hydrogen-bond donors (Lipinski definition) is 3. The summed E-state index contributed by atoms with van der Waals surface area (Å²) in [6.45, 7) is 1.98. The van der Waals surface area contributed by atoms with Crippen molar-refractivity contribution in [2.24, 2.45) is 11.7 Å². The van der Waals surface area contributed by atoms with E-state index < -0.39 is 17.6 Å². The normalized spacial score (nSPS) is 25.0. The second-order valence-corrected chi connectivity index (χ2v) is 6.82. The molecule has 7 nitrogen and oxygen atoms in total. The van der Waals surface area contributed by atoms with E-state index in [9.17, 15) is 14.4 Å². The van der Waals surface area contributed by atoms with Gasteiger partial charge >= 0.3 is 6.03 Å². The Balaban J connectivity index is 0.00000192. The molecule has 2 unspecified atom stereocenters. The minimum atomic E-state index is -0.807. The van der Waals surface area contributed by atoms with Gasteiger partial charge in [-0.2, -0.15) is 0 Å². The van der Waals surface area contributed by atoms with Crippen LogP contribution in [0.4, 0.5) is 4.79 Å². The molecule has 3 rings (SSSR count). The monoisotopic (exact) mass is 344 g/mol. The Kier molecular flexibility index (Phi) is 5.20. The quantitative estimate of drug-likeness (QED) is 0.632. The summed E-state index contributed by atoms with van der Waals surface area (Å²) in [5.74, 6) is -0.0899. The van der Waals surface area contributed by atoms with E-state index in [1.54, 1.807) is 6.92 Å². The molecule has 8 heteroatoms. The van der Waals surface area contributed by atoms with Gasteiger partial charge in [-0.25, -0.2) is 9.69 Å². The summed E-state index contributed by atoms with van der Waals surface area (Å²) in [7, 11) is 0. The predicted octanol–water partition coefficient (Wildman–Crippen LogP) is 0.515. The van der Waals surface area contributed by atoms with Crippen LogP contribution in [0.3, 0.4) is 0 Å². The lowest BCUT2D eigenvalue weighted by Crippen LogP contribution is -2.51. The van der Waals surface area contributed by atoms with Crippen molar-refractivity contribution in [3.63, 3.8) is 0 Å². The van der Waals surface area contributed by atoms with Gasteiger partial charge in [-0.1, -0.05) is 12.8 Å². The zero-order valence-corrected chi connectivity index (χ0v) is 14.2. The van der Waals surface area contributed by atoms with E-state index in [0.29, 0.717) is 25.3 Å². The molecule has 3 fully saturated rings. The lowest BCUT2D eigenvalue weighted by Gasteiger charge is -2.24. The summed E-state index contributed by atoms with van der Waals surface area (Å²) < 4.78 is 0. The van der Waals surface area contributed by atoms with Crippen LogP contribution in [-0.2, 0) is 9.59 Å². The van der Waals surface area contributed by atoms with E-state index >= 15 is 0 Å². The van der Waals surface area contributed by atoms with Crippen LogP contribution in [-0.4, -0.2) is 46.9 Å². The molecule has 130 valence electrons. The van der Waals surface area contributed by atoms with Gasteiger partial charge in [-0.05, 0) is 38.5 Å². The Morgan fingerprint density at radius 3 is 2.57 bits per heavy atom. The van der Waals surface area contributed by atoms with E-state index in [-0.39, 0.29) is 30.3 Å². The Hall–Kier alpha value is -1.34. The second kappa shape index (κ2) is 6.65. The van der Waals surface area contributed by atoms with E-state index in [1.807, 2.05) is 0 Å². The fraction of sp³-hybridized carbons (Fsp3) is 0.800. The molecule has 1 spiro atoms. The molecular formula is C15H25ClN4O3. The van der Waals surface area contributed by atoms with E-state index in [2.05, 4.69) is 10.6 Å². The maximum Gasteiger partial charge on any atom is 0.325 e. The van der Waals surface area contributed by atoms with Crippen molar-refractivity contribution in [1.82, 2.24) is 15.5 Å². The molecule has 2 saturated carbocycles. The highest BCUT2D eigenvalue weighted by Gasteiger charge is 2.54. The number of nitrogens with zero attached hydrogens (tertiary/aromatic N) is 1. The lowest BCUT2D eigenvalue weighted by atomic mass is 9.97. The van der Waals surface area contributed by atoms with Crippen molar-refractivity contribution in [3.05, 3.63) is 0 Å². The molecule has 0 radical (unpaired) electrons.